The first kappa shape index (κ1) is 16.9. The largest absolute Gasteiger partial charge is 0.336 e. The van der Waals surface area contributed by atoms with Gasteiger partial charge in [-0.25, -0.2) is 14.1 Å². The second-order valence-corrected chi connectivity index (χ2v) is 6.43. The number of allylic oxidation sites excluding steroid dienone is 3. The summed E-state index contributed by atoms with van der Waals surface area (Å²) in [4.78, 5) is 28.4. The first-order valence-corrected chi connectivity index (χ1v) is 8.18. The van der Waals surface area contributed by atoms with E-state index >= 15 is 0 Å². The van der Waals surface area contributed by atoms with Crippen molar-refractivity contribution in [3.05, 3.63) is 53.5 Å². The van der Waals surface area contributed by atoms with Gasteiger partial charge in [0.25, 0.3) is 5.91 Å². The number of benzene rings is 1. The Balaban J connectivity index is 2.07. The Morgan fingerprint density at radius 3 is 2.60 bits per heavy atom. The molecule has 1 aromatic rings. The van der Waals surface area contributed by atoms with E-state index in [-0.39, 0.29) is 17.2 Å². The third-order valence-electron chi connectivity index (χ3n) is 4.30. The Bertz CT molecular complexity index is 836. The van der Waals surface area contributed by atoms with Crippen LogP contribution in [0.15, 0.2) is 42.1 Å². The molecule has 1 aliphatic carbocycles. The van der Waals surface area contributed by atoms with Crippen LogP contribution in [0.4, 0.5) is 14.9 Å². The van der Waals surface area contributed by atoms with Gasteiger partial charge in [0.2, 0.25) is 0 Å². The lowest BCUT2D eigenvalue weighted by Gasteiger charge is -2.26. The minimum absolute atomic E-state index is 0.0620. The molecule has 1 aromatic carbocycles. The normalized spacial score (nSPS) is 20.3. The number of hydrogen-bond donors (Lipinski definition) is 0. The summed E-state index contributed by atoms with van der Waals surface area (Å²) in [5, 5.41) is 9.02. The number of carbonyl (C=O) groups excluding carboxylic acids is 2. The highest BCUT2D eigenvalue weighted by atomic mass is 19.1. The zero-order valence-electron chi connectivity index (χ0n) is 14.1. The van der Waals surface area contributed by atoms with Crippen molar-refractivity contribution in [2.45, 2.75) is 32.7 Å². The lowest BCUT2D eigenvalue weighted by molar-refractivity contribution is -0.120. The van der Waals surface area contributed by atoms with Gasteiger partial charge in [-0.15, -0.1) is 0 Å². The second kappa shape index (κ2) is 6.52. The maximum atomic E-state index is 13.8. The number of nitrogens with zero attached hydrogens (tertiary/aromatic N) is 3. The first-order valence-electron chi connectivity index (χ1n) is 8.18. The van der Waals surface area contributed by atoms with E-state index < -0.39 is 23.8 Å². The van der Waals surface area contributed by atoms with Gasteiger partial charge in [0.15, 0.2) is 0 Å². The van der Waals surface area contributed by atoms with Crippen LogP contribution in [0.3, 0.4) is 0 Å². The van der Waals surface area contributed by atoms with Crippen LogP contribution in [-0.2, 0) is 4.79 Å². The highest BCUT2D eigenvalue weighted by molar-refractivity contribution is 6.22. The number of nitriles is 1. The van der Waals surface area contributed by atoms with Crippen molar-refractivity contribution in [1.82, 2.24) is 4.90 Å². The van der Waals surface area contributed by atoms with Crippen molar-refractivity contribution >= 4 is 17.6 Å². The van der Waals surface area contributed by atoms with Gasteiger partial charge in [-0.2, -0.15) is 5.26 Å². The molecule has 5 nitrogen and oxygen atoms in total. The van der Waals surface area contributed by atoms with Gasteiger partial charge in [-0.05, 0) is 43.0 Å². The number of anilines is 1. The van der Waals surface area contributed by atoms with Crippen LogP contribution in [0.25, 0.3) is 0 Å². The lowest BCUT2D eigenvalue weighted by Crippen LogP contribution is -2.38. The van der Waals surface area contributed by atoms with Crippen molar-refractivity contribution in [3.8, 4) is 6.07 Å². The van der Waals surface area contributed by atoms with E-state index in [1.165, 1.54) is 11.0 Å². The summed E-state index contributed by atoms with van der Waals surface area (Å²) < 4.78 is 13.8. The molecule has 0 radical (unpaired) electrons. The Hall–Kier alpha value is -2.94. The zero-order valence-corrected chi connectivity index (χ0v) is 14.1. The van der Waals surface area contributed by atoms with E-state index in [1.807, 2.05) is 38.1 Å². The minimum Gasteiger partial charge on any atom is -0.281 e. The smallest absolute Gasteiger partial charge is 0.281 e. The van der Waals surface area contributed by atoms with E-state index in [0.29, 0.717) is 5.70 Å². The molecule has 1 saturated heterocycles. The summed E-state index contributed by atoms with van der Waals surface area (Å²) in [6.45, 7) is 3.73. The summed E-state index contributed by atoms with van der Waals surface area (Å²) >= 11 is 0. The van der Waals surface area contributed by atoms with Crippen molar-refractivity contribution in [2.75, 3.05) is 4.90 Å². The highest BCUT2D eigenvalue weighted by Crippen LogP contribution is 2.33. The SMILES string of the molecule is CC(C)C1C(=O)N(c2cc(F)cc(C#N)c2)C(=O)N1C1=CCCC=C1. The van der Waals surface area contributed by atoms with E-state index in [0.717, 1.165) is 29.9 Å². The molecule has 0 aromatic heterocycles. The van der Waals surface area contributed by atoms with Gasteiger partial charge < -0.3 is 0 Å². The van der Waals surface area contributed by atoms with Gasteiger partial charge in [-0.1, -0.05) is 26.0 Å². The molecule has 1 atom stereocenters. The van der Waals surface area contributed by atoms with Crippen LogP contribution in [0.1, 0.15) is 32.3 Å². The van der Waals surface area contributed by atoms with Crippen LogP contribution < -0.4 is 4.90 Å². The van der Waals surface area contributed by atoms with Gasteiger partial charge in [-0.3, -0.25) is 9.69 Å². The molecule has 1 heterocycles. The predicted molar refractivity (Wildman–Crippen MR) is 90.9 cm³/mol. The van der Waals surface area contributed by atoms with Crippen molar-refractivity contribution in [1.29, 1.82) is 5.26 Å². The monoisotopic (exact) mass is 339 g/mol. The van der Waals surface area contributed by atoms with Crippen molar-refractivity contribution < 1.29 is 14.0 Å². The van der Waals surface area contributed by atoms with Gasteiger partial charge in [0.05, 0.1) is 17.3 Å². The third-order valence-corrected chi connectivity index (χ3v) is 4.30. The Kier molecular flexibility index (Phi) is 4.41. The molecule has 0 bridgehead atoms. The zero-order chi connectivity index (χ0) is 18.1. The molecular formula is C19H18FN3O2. The fraction of sp³-hybridized carbons (Fsp3) is 0.316. The number of carbonyl (C=O) groups is 2. The fourth-order valence-electron chi connectivity index (χ4n) is 3.20. The number of urea groups is 1. The Labute approximate surface area is 145 Å². The van der Waals surface area contributed by atoms with Crippen LogP contribution >= 0.6 is 0 Å². The average Bonchev–Trinajstić information content (AvgIpc) is 2.85. The number of halogens is 1. The first-order chi connectivity index (χ1) is 11.9. The molecule has 3 amide bonds. The molecule has 0 spiro atoms. The second-order valence-electron chi connectivity index (χ2n) is 6.43. The topological polar surface area (TPSA) is 64.4 Å². The molecule has 0 saturated carbocycles. The van der Waals surface area contributed by atoms with Crippen LogP contribution in [-0.4, -0.2) is 22.9 Å². The standard InChI is InChI=1S/C19H18FN3O2/c1-12(2)17-18(24)23(16-9-13(11-21)8-14(20)10-16)19(25)22(17)15-6-4-3-5-7-15/h4,6-10,12,17H,3,5H2,1-2H3. The molecule has 25 heavy (non-hydrogen) atoms. The van der Waals surface area contributed by atoms with Gasteiger partial charge in [0.1, 0.15) is 11.9 Å². The van der Waals surface area contributed by atoms with E-state index in [1.54, 1.807) is 0 Å². The Morgan fingerprint density at radius 2 is 2.00 bits per heavy atom. The number of amides is 3. The summed E-state index contributed by atoms with van der Waals surface area (Å²) in [5.41, 5.74) is 0.828. The summed E-state index contributed by atoms with van der Waals surface area (Å²) in [6, 6.07) is 4.19. The Morgan fingerprint density at radius 1 is 1.24 bits per heavy atom. The molecular weight excluding hydrogens is 321 g/mol. The van der Waals surface area contributed by atoms with Crippen LogP contribution in [0.2, 0.25) is 0 Å². The average molecular weight is 339 g/mol. The highest BCUT2D eigenvalue weighted by Gasteiger charge is 2.48. The van der Waals surface area contributed by atoms with E-state index in [2.05, 4.69) is 0 Å². The molecule has 1 fully saturated rings. The minimum atomic E-state index is -0.661. The fourth-order valence-corrected chi connectivity index (χ4v) is 3.20. The number of hydrogen-bond acceptors (Lipinski definition) is 3. The molecule has 0 N–H and O–H groups in total. The summed E-state index contributed by atoms with van der Waals surface area (Å²) in [7, 11) is 0. The van der Waals surface area contributed by atoms with Crippen molar-refractivity contribution in [2.24, 2.45) is 5.92 Å². The molecule has 1 unspecified atom stereocenters. The van der Waals surface area contributed by atoms with Gasteiger partial charge >= 0.3 is 6.03 Å². The number of rotatable bonds is 3. The number of imide groups is 1. The third kappa shape index (κ3) is 2.93. The molecule has 2 aliphatic rings. The quantitative estimate of drug-likeness (QED) is 0.788. The lowest BCUT2D eigenvalue weighted by atomic mass is 10.0. The summed E-state index contributed by atoms with van der Waals surface area (Å²) in [6.07, 6.45) is 7.41. The molecule has 128 valence electrons. The molecule has 3 rings (SSSR count). The van der Waals surface area contributed by atoms with Crippen LogP contribution in [0, 0.1) is 23.1 Å². The maximum Gasteiger partial charge on any atom is 0.336 e. The van der Waals surface area contributed by atoms with E-state index in [4.69, 9.17) is 5.26 Å². The van der Waals surface area contributed by atoms with Crippen molar-refractivity contribution in [3.63, 3.8) is 0 Å². The molecule has 6 heteroatoms. The molecule has 1 aliphatic heterocycles. The van der Waals surface area contributed by atoms with Crippen LogP contribution in [0.5, 0.6) is 0 Å². The van der Waals surface area contributed by atoms with Gasteiger partial charge in [0, 0.05) is 5.70 Å². The maximum absolute atomic E-state index is 13.8. The summed E-state index contributed by atoms with van der Waals surface area (Å²) in [5.74, 6) is -1.18. The predicted octanol–water partition coefficient (Wildman–Crippen LogP) is 3.72. The van der Waals surface area contributed by atoms with E-state index in [9.17, 15) is 14.0 Å².